The van der Waals surface area contributed by atoms with Gasteiger partial charge in [0.15, 0.2) is 0 Å². The highest BCUT2D eigenvalue weighted by Crippen LogP contribution is 2.23. The minimum atomic E-state index is -0.486. The van der Waals surface area contributed by atoms with Crippen molar-refractivity contribution in [3.63, 3.8) is 0 Å². The lowest BCUT2D eigenvalue weighted by Gasteiger charge is -2.08. The number of anilines is 1. The molecule has 0 spiro atoms. The molecule has 0 aliphatic heterocycles. The van der Waals surface area contributed by atoms with Crippen molar-refractivity contribution >= 4 is 27.5 Å². The zero-order chi connectivity index (χ0) is 14.0. The van der Waals surface area contributed by atoms with Crippen molar-refractivity contribution in [3.8, 4) is 5.75 Å². The summed E-state index contributed by atoms with van der Waals surface area (Å²) in [6.45, 7) is 1.75. The molecule has 19 heavy (non-hydrogen) atoms. The summed E-state index contributed by atoms with van der Waals surface area (Å²) in [6.07, 6.45) is 0. The fraction of sp³-hybridized carbons (Fsp3) is 0.0714. The highest BCUT2D eigenvalue weighted by Gasteiger charge is 2.12. The highest BCUT2D eigenvalue weighted by atomic mass is 79.9. The van der Waals surface area contributed by atoms with E-state index in [1.165, 1.54) is 18.2 Å². The van der Waals surface area contributed by atoms with Gasteiger partial charge in [0.1, 0.15) is 11.6 Å². The molecule has 0 fully saturated rings. The summed E-state index contributed by atoms with van der Waals surface area (Å²) in [6, 6.07) is 8.68. The molecule has 0 saturated heterocycles. The number of halogens is 2. The molecule has 2 aromatic carbocycles. The van der Waals surface area contributed by atoms with Gasteiger partial charge in [0.2, 0.25) is 0 Å². The van der Waals surface area contributed by atoms with Crippen LogP contribution in [0.1, 0.15) is 15.9 Å². The number of phenols is 1. The van der Waals surface area contributed by atoms with Crippen molar-refractivity contribution in [1.29, 1.82) is 0 Å². The quantitative estimate of drug-likeness (QED) is 0.881. The first-order valence-electron chi connectivity index (χ1n) is 5.53. The van der Waals surface area contributed by atoms with Crippen molar-refractivity contribution in [1.82, 2.24) is 0 Å². The molecular weight excluding hydrogens is 313 g/mol. The normalized spacial score (nSPS) is 10.3. The highest BCUT2D eigenvalue weighted by molar-refractivity contribution is 9.10. The number of rotatable bonds is 2. The van der Waals surface area contributed by atoms with Crippen LogP contribution in [0.3, 0.4) is 0 Å². The summed E-state index contributed by atoms with van der Waals surface area (Å²) in [5.41, 5.74) is 1.36. The van der Waals surface area contributed by atoms with Gasteiger partial charge in [-0.1, -0.05) is 6.07 Å². The lowest BCUT2D eigenvalue weighted by atomic mass is 10.1. The Balaban J connectivity index is 2.25. The molecule has 5 heteroatoms. The Kier molecular flexibility index (Phi) is 3.85. The molecule has 2 rings (SSSR count). The van der Waals surface area contributed by atoms with E-state index >= 15 is 0 Å². The number of amides is 1. The first-order chi connectivity index (χ1) is 8.97. The number of aromatic hydroxyl groups is 1. The largest absolute Gasteiger partial charge is 0.508 e. The summed E-state index contributed by atoms with van der Waals surface area (Å²) >= 11 is 3.19. The van der Waals surface area contributed by atoms with Gasteiger partial charge >= 0.3 is 0 Å². The molecular formula is C14H11BrFNO2. The number of carbonyl (C=O) groups is 1. The molecule has 0 unspecified atom stereocenters. The van der Waals surface area contributed by atoms with Gasteiger partial charge in [-0.15, -0.1) is 0 Å². The van der Waals surface area contributed by atoms with Crippen molar-refractivity contribution in [2.24, 2.45) is 0 Å². The van der Waals surface area contributed by atoms with Crippen LogP contribution in [0.5, 0.6) is 5.75 Å². The monoisotopic (exact) mass is 323 g/mol. The van der Waals surface area contributed by atoms with Gasteiger partial charge in [0.05, 0.1) is 5.56 Å². The number of aryl methyl sites for hydroxylation is 1. The second-order valence-electron chi connectivity index (χ2n) is 4.08. The van der Waals surface area contributed by atoms with Gasteiger partial charge in [-0.2, -0.15) is 0 Å². The van der Waals surface area contributed by atoms with E-state index in [2.05, 4.69) is 21.2 Å². The summed E-state index contributed by atoms with van der Waals surface area (Å²) in [5, 5.41) is 12.2. The minimum absolute atomic E-state index is 0.0936. The van der Waals surface area contributed by atoms with E-state index in [1.807, 2.05) is 0 Å². The second-order valence-corrected chi connectivity index (χ2v) is 4.93. The van der Waals surface area contributed by atoms with Crippen LogP contribution in [-0.4, -0.2) is 11.0 Å². The topological polar surface area (TPSA) is 49.3 Å². The zero-order valence-corrected chi connectivity index (χ0v) is 11.7. The molecule has 0 aliphatic carbocycles. The summed E-state index contributed by atoms with van der Waals surface area (Å²) in [4.78, 5) is 12.0. The molecule has 3 nitrogen and oxygen atoms in total. The molecule has 2 N–H and O–H groups in total. The molecule has 98 valence electrons. The average Bonchev–Trinajstić information content (AvgIpc) is 2.36. The SMILES string of the molecule is Cc1ccc(NC(=O)c2cc(F)ccc2Br)cc1O. The number of carbonyl (C=O) groups excluding carboxylic acids is 1. The van der Waals surface area contributed by atoms with Crippen LogP contribution in [0.15, 0.2) is 40.9 Å². The van der Waals surface area contributed by atoms with Crippen molar-refractivity contribution in [2.45, 2.75) is 6.92 Å². The van der Waals surface area contributed by atoms with E-state index in [9.17, 15) is 14.3 Å². The van der Waals surface area contributed by atoms with Gasteiger partial charge in [-0.05, 0) is 52.7 Å². The summed E-state index contributed by atoms with van der Waals surface area (Å²) < 4.78 is 13.6. The van der Waals surface area contributed by atoms with Crippen LogP contribution in [0.25, 0.3) is 0 Å². The van der Waals surface area contributed by atoms with Crippen LogP contribution in [-0.2, 0) is 0 Å². The predicted octanol–water partition coefficient (Wildman–Crippen LogP) is 3.85. The molecule has 0 atom stereocenters. The number of benzene rings is 2. The Hall–Kier alpha value is -1.88. The first kappa shape index (κ1) is 13.5. The minimum Gasteiger partial charge on any atom is -0.508 e. The molecule has 0 aromatic heterocycles. The molecule has 2 aromatic rings. The van der Waals surface area contributed by atoms with E-state index in [4.69, 9.17) is 0 Å². The van der Waals surface area contributed by atoms with Gasteiger partial charge in [0, 0.05) is 16.2 Å². The van der Waals surface area contributed by atoms with Gasteiger partial charge in [-0.3, -0.25) is 4.79 Å². The van der Waals surface area contributed by atoms with E-state index in [1.54, 1.807) is 19.1 Å². The lowest BCUT2D eigenvalue weighted by Crippen LogP contribution is -2.12. The third-order valence-corrected chi connectivity index (χ3v) is 3.33. The summed E-state index contributed by atoms with van der Waals surface area (Å²) in [5.74, 6) is -0.842. The fourth-order valence-corrected chi connectivity index (χ4v) is 1.98. The van der Waals surface area contributed by atoms with E-state index in [0.29, 0.717) is 15.7 Å². The number of nitrogens with one attached hydrogen (secondary N) is 1. The number of hydrogen-bond acceptors (Lipinski definition) is 2. The zero-order valence-electron chi connectivity index (χ0n) is 10.1. The standard InChI is InChI=1S/C14H11BrFNO2/c1-8-2-4-10(7-13(8)18)17-14(19)11-6-9(16)3-5-12(11)15/h2-7,18H,1H3,(H,17,19). The molecule has 0 saturated carbocycles. The maximum Gasteiger partial charge on any atom is 0.256 e. The van der Waals surface area contributed by atoms with Gasteiger partial charge in [0.25, 0.3) is 5.91 Å². The maximum atomic E-state index is 13.1. The Morgan fingerprint density at radius 2 is 2.00 bits per heavy atom. The first-order valence-corrected chi connectivity index (χ1v) is 6.32. The Morgan fingerprint density at radius 3 is 2.68 bits per heavy atom. The van der Waals surface area contributed by atoms with Crippen molar-refractivity contribution in [3.05, 3.63) is 57.8 Å². The van der Waals surface area contributed by atoms with Crippen LogP contribution in [0, 0.1) is 12.7 Å². The smallest absolute Gasteiger partial charge is 0.256 e. The predicted molar refractivity (Wildman–Crippen MR) is 74.9 cm³/mol. The van der Waals surface area contributed by atoms with Crippen molar-refractivity contribution < 1.29 is 14.3 Å². The Labute approximate surface area is 118 Å². The molecule has 1 amide bonds. The maximum absolute atomic E-state index is 13.1. The van der Waals surface area contributed by atoms with Crippen LogP contribution in [0.4, 0.5) is 10.1 Å². The molecule has 0 aliphatic rings. The Morgan fingerprint density at radius 1 is 1.26 bits per heavy atom. The molecule has 0 heterocycles. The van der Waals surface area contributed by atoms with E-state index in [-0.39, 0.29) is 11.3 Å². The van der Waals surface area contributed by atoms with Gasteiger partial charge in [-0.25, -0.2) is 4.39 Å². The van der Waals surface area contributed by atoms with E-state index < -0.39 is 11.7 Å². The van der Waals surface area contributed by atoms with Gasteiger partial charge < -0.3 is 10.4 Å². The number of hydrogen-bond donors (Lipinski definition) is 2. The Bertz CT molecular complexity index is 643. The van der Waals surface area contributed by atoms with E-state index in [0.717, 1.165) is 6.07 Å². The fourth-order valence-electron chi connectivity index (χ4n) is 1.56. The summed E-state index contributed by atoms with van der Waals surface area (Å²) in [7, 11) is 0. The molecule has 0 radical (unpaired) electrons. The van der Waals surface area contributed by atoms with Crippen LogP contribution < -0.4 is 5.32 Å². The van der Waals surface area contributed by atoms with Crippen LogP contribution >= 0.6 is 15.9 Å². The van der Waals surface area contributed by atoms with Crippen LogP contribution in [0.2, 0.25) is 0 Å². The molecule has 0 bridgehead atoms. The third-order valence-electron chi connectivity index (χ3n) is 2.64. The lowest BCUT2D eigenvalue weighted by molar-refractivity contribution is 0.102. The third kappa shape index (κ3) is 3.12. The number of phenolic OH excluding ortho intramolecular Hbond substituents is 1. The van der Waals surface area contributed by atoms with Crippen molar-refractivity contribution in [2.75, 3.05) is 5.32 Å². The average molecular weight is 324 g/mol. The second kappa shape index (κ2) is 5.40.